The van der Waals surface area contributed by atoms with E-state index in [9.17, 15) is 4.79 Å². The maximum Gasteiger partial charge on any atom is 0.360 e. The third-order valence-corrected chi connectivity index (χ3v) is 3.27. The first kappa shape index (κ1) is 13.5. The predicted octanol–water partition coefficient (Wildman–Crippen LogP) is 2.37. The van der Waals surface area contributed by atoms with Crippen molar-refractivity contribution in [2.75, 3.05) is 18.5 Å². The van der Waals surface area contributed by atoms with Crippen LogP contribution in [-0.2, 0) is 11.2 Å². The number of carbonyl (C=O) groups excluding carboxylic acids is 1. The first-order valence-electron chi connectivity index (χ1n) is 6.04. The van der Waals surface area contributed by atoms with Crippen molar-refractivity contribution in [1.29, 1.82) is 0 Å². The molecule has 0 fully saturated rings. The summed E-state index contributed by atoms with van der Waals surface area (Å²) < 4.78 is 4.95. The second kappa shape index (κ2) is 6.84. The maximum atomic E-state index is 11.6. The maximum absolute atomic E-state index is 11.6. The van der Waals surface area contributed by atoms with E-state index in [0.717, 1.165) is 18.0 Å². The third kappa shape index (κ3) is 3.75. The normalized spacial score (nSPS) is 10.2. The number of esters is 1. The van der Waals surface area contributed by atoms with E-state index in [1.54, 1.807) is 24.8 Å². The Hall–Kier alpha value is -1.95. The van der Waals surface area contributed by atoms with Crippen molar-refractivity contribution in [3.8, 4) is 0 Å². The minimum Gasteiger partial charge on any atom is -0.461 e. The van der Waals surface area contributed by atoms with Gasteiger partial charge in [0.15, 0.2) is 5.69 Å². The monoisotopic (exact) mass is 277 g/mol. The van der Waals surface area contributed by atoms with Crippen molar-refractivity contribution in [2.45, 2.75) is 13.3 Å². The largest absolute Gasteiger partial charge is 0.461 e. The number of anilines is 1. The first-order valence-corrected chi connectivity index (χ1v) is 6.92. The summed E-state index contributed by atoms with van der Waals surface area (Å²) in [6.07, 6.45) is 4.40. The Morgan fingerprint density at radius 2 is 2.21 bits per heavy atom. The highest BCUT2D eigenvalue weighted by Gasteiger charge is 2.15. The number of aromatic nitrogens is 2. The second-order valence-corrected chi connectivity index (χ2v) is 4.64. The van der Waals surface area contributed by atoms with E-state index in [1.165, 1.54) is 16.9 Å². The highest BCUT2D eigenvalue weighted by Crippen LogP contribution is 2.20. The molecule has 0 aliphatic carbocycles. The molecule has 2 aromatic heterocycles. The Balaban J connectivity index is 1.90. The van der Waals surface area contributed by atoms with Gasteiger partial charge in [-0.05, 0) is 31.0 Å². The van der Waals surface area contributed by atoms with Crippen molar-refractivity contribution in [3.05, 3.63) is 41.3 Å². The lowest BCUT2D eigenvalue weighted by Crippen LogP contribution is -2.10. The van der Waals surface area contributed by atoms with Crippen LogP contribution in [0.1, 0.15) is 23.0 Å². The van der Waals surface area contributed by atoms with Crippen LogP contribution in [-0.4, -0.2) is 29.1 Å². The number of rotatable bonds is 6. The molecule has 0 amide bonds. The Labute approximate surface area is 115 Å². The lowest BCUT2D eigenvalue weighted by Gasteiger charge is -2.06. The molecule has 19 heavy (non-hydrogen) atoms. The van der Waals surface area contributed by atoms with Gasteiger partial charge in [-0.25, -0.2) is 9.78 Å². The van der Waals surface area contributed by atoms with E-state index in [-0.39, 0.29) is 5.97 Å². The van der Waals surface area contributed by atoms with Gasteiger partial charge in [0.25, 0.3) is 0 Å². The highest BCUT2D eigenvalue weighted by atomic mass is 32.1. The molecule has 2 rings (SSSR count). The molecule has 2 aromatic rings. The summed E-state index contributed by atoms with van der Waals surface area (Å²) in [6, 6.07) is 3.95. The lowest BCUT2D eigenvalue weighted by atomic mass is 10.2. The van der Waals surface area contributed by atoms with Crippen molar-refractivity contribution >= 4 is 22.3 Å². The van der Waals surface area contributed by atoms with Crippen LogP contribution in [0.5, 0.6) is 0 Å². The number of hydrogen-bond donors (Lipinski definition) is 1. The molecule has 0 saturated heterocycles. The summed E-state index contributed by atoms with van der Waals surface area (Å²) in [6.45, 7) is 2.87. The molecule has 0 aliphatic rings. The number of hydrogen-bond acceptors (Lipinski definition) is 6. The van der Waals surface area contributed by atoms with Crippen molar-refractivity contribution in [3.63, 3.8) is 0 Å². The van der Waals surface area contributed by atoms with Gasteiger partial charge in [0.2, 0.25) is 0 Å². The Kier molecular flexibility index (Phi) is 4.85. The number of pyridine rings is 1. The highest BCUT2D eigenvalue weighted by molar-refractivity contribution is 7.14. The fourth-order valence-corrected chi connectivity index (χ4v) is 2.28. The molecule has 6 heteroatoms. The molecular formula is C13H15N3O2S. The molecule has 100 valence electrons. The minimum atomic E-state index is -0.379. The summed E-state index contributed by atoms with van der Waals surface area (Å²) in [7, 11) is 0. The van der Waals surface area contributed by atoms with Crippen LogP contribution in [0, 0.1) is 0 Å². The molecule has 0 aliphatic heterocycles. The van der Waals surface area contributed by atoms with Crippen molar-refractivity contribution in [2.24, 2.45) is 0 Å². The van der Waals surface area contributed by atoms with Gasteiger partial charge in [-0.2, -0.15) is 0 Å². The third-order valence-electron chi connectivity index (χ3n) is 2.48. The van der Waals surface area contributed by atoms with Gasteiger partial charge in [-0.3, -0.25) is 4.98 Å². The molecule has 1 N–H and O–H groups in total. The van der Waals surface area contributed by atoms with E-state index >= 15 is 0 Å². The smallest absolute Gasteiger partial charge is 0.360 e. The van der Waals surface area contributed by atoms with Gasteiger partial charge >= 0.3 is 5.97 Å². The Bertz CT molecular complexity index is 528. The molecule has 0 spiro atoms. The molecular weight excluding hydrogens is 262 g/mol. The van der Waals surface area contributed by atoms with Crippen molar-refractivity contribution in [1.82, 2.24) is 9.97 Å². The average Bonchev–Trinajstić information content (AvgIpc) is 2.89. The van der Waals surface area contributed by atoms with Gasteiger partial charge < -0.3 is 10.1 Å². The number of ether oxygens (including phenoxy) is 1. The van der Waals surface area contributed by atoms with E-state index in [2.05, 4.69) is 15.3 Å². The molecule has 0 unspecified atom stereocenters. The number of thiazole rings is 1. The zero-order chi connectivity index (χ0) is 13.5. The lowest BCUT2D eigenvalue weighted by molar-refractivity contribution is 0.0521. The molecule has 0 bridgehead atoms. The second-order valence-electron chi connectivity index (χ2n) is 3.78. The van der Waals surface area contributed by atoms with Crippen LogP contribution in [0.3, 0.4) is 0 Å². The van der Waals surface area contributed by atoms with Gasteiger partial charge in [-0.1, -0.05) is 0 Å². The van der Waals surface area contributed by atoms with Crippen LogP contribution in [0.15, 0.2) is 30.0 Å². The summed E-state index contributed by atoms with van der Waals surface area (Å²) in [5.74, 6) is -0.379. The van der Waals surface area contributed by atoms with E-state index in [1.807, 2.05) is 12.1 Å². The number of nitrogens with one attached hydrogen (secondary N) is 1. The summed E-state index contributed by atoms with van der Waals surface area (Å²) in [5.41, 5.74) is 3.20. The van der Waals surface area contributed by atoms with Gasteiger partial charge in [0, 0.05) is 18.9 Å². The molecule has 5 nitrogen and oxygen atoms in total. The van der Waals surface area contributed by atoms with E-state index < -0.39 is 0 Å². The van der Waals surface area contributed by atoms with Crippen LogP contribution in [0.25, 0.3) is 0 Å². The molecule has 0 aromatic carbocycles. The zero-order valence-corrected chi connectivity index (χ0v) is 11.4. The molecule has 0 saturated carbocycles. The minimum absolute atomic E-state index is 0.354. The van der Waals surface area contributed by atoms with Crippen LogP contribution >= 0.6 is 11.3 Å². The van der Waals surface area contributed by atoms with E-state index in [4.69, 9.17) is 4.74 Å². The number of carbonyl (C=O) groups is 1. The fraction of sp³-hybridized carbons (Fsp3) is 0.308. The van der Waals surface area contributed by atoms with Crippen LogP contribution in [0.2, 0.25) is 0 Å². The topological polar surface area (TPSA) is 64.1 Å². The van der Waals surface area contributed by atoms with Gasteiger partial charge in [-0.15, -0.1) is 11.3 Å². The SMILES string of the molecule is CCOC(=O)c1ncsc1NCCc1ccncc1. The standard InChI is InChI=1S/C13H15N3O2S/c1-2-18-13(17)11-12(19-9-16-11)15-8-5-10-3-6-14-7-4-10/h3-4,6-7,9,15H,2,5,8H2,1H3. The summed E-state index contributed by atoms with van der Waals surface area (Å²) in [5, 5.41) is 3.97. The predicted molar refractivity (Wildman–Crippen MR) is 74.5 cm³/mol. The molecule has 0 atom stereocenters. The fourth-order valence-electron chi connectivity index (χ4n) is 1.59. The van der Waals surface area contributed by atoms with Crippen molar-refractivity contribution < 1.29 is 9.53 Å². The molecule has 2 heterocycles. The number of nitrogens with zero attached hydrogens (tertiary/aromatic N) is 2. The average molecular weight is 277 g/mol. The first-order chi connectivity index (χ1) is 9.31. The van der Waals surface area contributed by atoms with Crippen LogP contribution < -0.4 is 5.32 Å². The zero-order valence-electron chi connectivity index (χ0n) is 10.6. The van der Waals surface area contributed by atoms with E-state index in [0.29, 0.717) is 12.3 Å². The Morgan fingerprint density at radius 3 is 2.95 bits per heavy atom. The quantitative estimate of drug-likeness (QED) is 0.821. The summed E-state index contributed by atoms with van der Waals surface area (Å²) >= 11 is 1.40. The van der Waals surface area contributed by atoms with Gasteiger partial charge in [0.1, 0.15) is 5.00 Å². The summed E-state index contributed by atoms with van der Waals surface area (Å²) in [4.78, 5) is 19.6. The van der Waals surface area contributed by atoms with Gasteiger partial charge in [0.05, 0.1) is 12.1 Å². The van der Waals surface area contributed by atoms with Crippen LogP contribution in [0.4, 0.5) is 5.00 Å². The molecule has 0 radical (unpaired) electrons. The Morgan fingerprint density at radius 1 is 1.42 bits per heavy atom.